The van der Waals surface area contributed by atoms with Gasteiger partial charge >= 0.3 is 0 Å². The highest BCUT2D eigenvalue weighted by molar-refractivity contribution is 6.32. The molecule has 3 heterocycles. The fourth-order valence-electron chi connectivity index (χ4n) is 4.53. The molecule has 6 heteroatoms. The Kier molecular flexibility index (Phi) is 4.92. The van der Waals surface area contributed by atoms with Crippen molar-refractivity contribution in [3.8, 4) is 16.9 Å². The molecule has 0 aliphatic carbocycles. The molecule has 1 amide bonds. The minimum absolute atomic E-state index is 0.148. The van der Waals surface area contributed by atoms with E-state index >= 15 is 0 Å². The molecule has 1 aliphatic rings. The minimum Gasteiger partial charge on any atom is -0.350 e. The molecule has 0 saturated carbocycles. The van der Waals surface area contributed by atoms with E-state index in [0.29, 0.717) is 11.3 Å². The predicted molar refractivity (Wildman–Crippen MR) is 140 cm³/mol. The van der Waals surface area contributed by atoms with E-state index in [1.165, 1.54) is 5.01 Å². The van der Waals surface area contributed by atoms with Gasteiger partial charge in [0.25, 0.3) is 5.91 Å². The predicted octanol–water partition coefficient (Wildman–Crippen LogP) is 5.84. The molecule has 0 bridgehead atoms. The van der Waals surface area contributed by atoms with Gasteiger partial charge in [-0.2, -0.15) is 15.2 Å². The van der Waals surface area contributed by atoms with Gasteiger partial charge in [-0.15, -0.1) is 0 Å². The number of benzene rings is 3. The van der Waals surface area contributed by atoms with E-state index in [2.05, 4.69) is 28.0 Å². The average Bonchev–Trinajstić information content (AvgIpc) is 3.55. The van der Waals surface area contributed by atoms with Crippen molar-refractivity contribution in [1.82, 2.24) is 14.3 Å². The maximum atomic E-state index is 13.4. The Bertz CT molecular complexity index is 1620. The van der Waals surface area contributed by atoms with Crippen LogP contribution in [0.15, 0.2) is 108 Å². The van der Waals surface area contributed by atoms with Crippen molar-refractivity contribution in [3.05, 3.63) is 108 Å². The van der Waals surface area contributed by atoms with Crippen LogP contribution in [0.5, 0.6) is 0 Å². The van der Waals surface area contributed by atoms with E-state index in [1.807, 2.05) is 104 Å². The van der Waals surface area contributed by atoms with Crippen LogP contribution in [0.1, 0.15) is 12.5 Å². The largest absolute Gasteiger partial charge is 0.350 e. The summed E-state index contributed by atoms with van der Waals surface area (Å²) in [5, 5.41) is 12.1. The van der Waals surface area contributed by atoms with Crippen LogP contribution in [0.3, 0.4) is 0 Å². The van der Waals surface area contributed by atoms with Crippen LogP contribution in [0.25, 0.3) is 33.9 Å². The summed E-state index contributed by atoms with van der Waals surface area (Å²) in [5.41, 5.74) is 6.75. The molecule has 6 nitrogen and oxygen atoms in total. The molecule has 0 spiro atoms. The number of fused-ring (bicyclic) bond motifs is 1. The second-order valence-corrected chi connectivity index (χ2v) is 8.58. The van der Waals surface area contributed by atoms with Crippen LogP contribution in [0.2, 0.25) is 0 Å². The molecule has 0 radical (unpaired) electrons. The van der Waals surface area contributed by atoms with Gasteiger partial charge in [-0.3, -0.25) is 4.79 Å². The lowest BCUT2D eigenvalue weighted by Crippen LogP contribution is -2.21. The Morgan fingerprint density at radius 2 is 1.46 bits per heavy atom. The number of carbonyl (C=O) groups is 1. The van der Waals surface area contributed by atoms with Crippen LogP contribution in [-0.2, 0) is 11.8 Å². The third-order valence-corrected chi connectivity index (χ3v) is 6.28. The molecular formula is C29H23N5O. The first-order chi connectivity index (χ1) is 17.1. The number of hydrazone groups is 1. The Hall–Kier alpha value is -4.71. The van der Waals surface area contributed by atoms with Crippen molar-refractivity contribution in [2.75, 3.05) is 5.01 Å². The Balaban J connectivity index is 1.51. The molecule has 0 N–H and O–H groups in total. The molecule has 170 valence electrons. The monoisotopic (exact) mass is 457 g/mol. The summed E-state index contributed by atoms with van der Waals surface area (Å²) >= 11 is 0. The second kappa shape index (κ2) is 8.25. The van der Waals surface area contributed by atoms with Crippen LogP contribution >= 0.6 is 0 Å². The number of nitrogens with zero attached hydrogens (tertiary/aromatic N) is 5. The molecule has 0 atom stereocenters. The summed E-state index contributed by atoms with van der Waals surface area (Å²) in [6.07, 6.45) is 5.98. The standard InChI is InChI=1S/C29H23N5O/c1-20-25(29(35)34(30-20)23-13-7-4-8-14-23)17-21-18-33(22-11-5-3-6-12-22)31-28(21)26-19-32(2)27-16-10-9-15-24(26)27/h3-19H,1-2H3. The van der Waals surface area contributed by atoms with Crippen molar-refractivity contribution in [3.63, 3.8) is 0 Å². The van der Waals surface area contributed by atoms with Gasteiger partial charge in [-0.05, 0) is 43.3 Å². The highest BCUT2D eigenvalue weighted by Crippen LogP contribution is 2.34. The van der Waals surface area contributed by atoms with E-state index in [1.54, 1.807) is 0 Å². The number of amides is 1. The number of anilines is 1. The number of para-hydroxylation sites is 3. The highest BCUT2D eigenvalue weighted by atomic mass is 16.2. The fourth-order valence-corrected chi connectivity index (χ4v) is 4.53. The van der Waals surface area contributed by atoms with Crippen molar-refractivity contribution >= 4 is 34.3 Å². The molecule has 0 fully saturated rings. The van der Waals surface area contributed by atoms with Crippen molar-refractivity contribution < 1.29 is 4.79 Å². The van der Waals surface area contributed by atoms with Crippen molar-refractivity contribution in [2.45, 2.75) is 6.92 Å². The Labute approximate surface area is 203 Å². The summed E-state index contributed by atoms with van der Waals surface area (Å²) in [4.78, 5) is 13.4. The zero-order chi connectivity index (χ0) is 23.9. The van der Waals surface area contributed by atoms with E-state index < -0.39 is 0 Å². The molecule has 0 saturated heterocycles. The highest BCUT2D eigenvalue weighted by Gasteiger charge is 2.29. The Morgan fingerprint density at radius 1 is 0.800 bits per heavy atom. The molecule has 1 aliphatic heterocycles. The van der Waals surface area contributed by atoms with Gasteiger partial charge < -0.3 is 4.57 Å². The fraction of sp³-hybridized carbons (Fsp3) is 0.0690. The van der Waals surface area contributed by atoms with E-state index in [0.717, 1.165) is 39.1 Å². The molecule has 35 heavy (non-hydrogen) atoms. The summed E-state index contributed by atoms with van der Waals surface area (Å²) in [7, 11) is 2.03. The van der Waals surface area contributed by atoms with Gasteiger partial charge in [0.05, 0.1) is 22.7 Å². The topological polar surface area (TPSA) is 55.4 Å². The van der Waals surface area contributed by atoms with Crippen LogP contribution in [0, 0.1) is 0 Å². The molecule has 6 rings (SSSR count). The van der Waals surface area contributed by atoms with E-state index in [-0.39, 0.29) is 5.91 Å². The van der Waals surface area contributed by atoms with Crippen molar-refractivity contribution in [1.29, 1.82) is 0 Å². The summed E-state index contributed by atoms with van der Waals surface area (Å²) in [5.74, 6) is -0.148. The van der Waals surface area contributed by atoms with Gasteiger partial charge in [0.1, 0.15) is 5.69 Å². The molecule has 3 aromatic carbocycles. The third-order valence-electron chi connectivity index (χ3n) is 6.28. The number of hydrogen-bond donors (Lipinski definition) is 0. The first-order valence-corrected chi connectivity index (χ1v) is 11.5. The van der Waals surface area contributed by atoms with Gasteiger partial charge in [-0.25, -0.2) is 4.68 Å². The van der Waals surface area contributed by atoms with Crippen LogP contribution in [-0.4, -0.2) is 26.0 Å². The second-order valence-electron chi connectivity index (χ2n) is 8.58. The number of carbonyl (C=O) groups excluding carboxylic acids is 1. The van der Waals surface area contributed by atoms with Crippen LogP contribution < -0.4 is 5.01 Å². The summed E-state index contributed by atoms with van der Waals surface area (Å²) in [6.45, 7) is 1.87. The normalized spacial score (nSPS) is 14.8. The third kappa shape index (κ3) is 3.56. The molecule has 2 aromatic heterocycles. The zero-order valence-corrected chi connectivity index (χ0v) is 19.5. The maximum Gasteiger partial charge on any atom is 0.280 e. The lowest BCUT2D eigenvalue weighted by Gasteiger charge is -2.10. The quantitative estimate of drug-likeness (QED) is 0.319. The number of hydrogen-bond acceptors (Lipinski definition) is 3. The van der Waals surface area contributed by atoms with Gasteiger partial charge in [-0.1, -0.05) is 54.6 Å². The first kappa shape index (κ1) is 20.9. The van der Waals surface area contributed by atoms with E-state index in [4.69, 9.17) is 5.10 Å². The van der Waals surface area contributed by atoms with Gasteiger partial charge in [0, 0.05) is 41.5 Å². The molecular weight excluding hydrogens is 434 g/mol. The maximum absolute atomic E-state index is 13.4. The van der Waals surface area contributed by atoms with Crippen LogP contribution in [0.4, 0.5) is 5.69 Å². The smallest absolute Gasteiger partial charge is 0.280 e. The number of aryl methyl sites for hydroxylation is 1. The van der Waals surface area contributed by atoms with Gasteiger partial charge in [0.15, 0.2) is 0 Å². The van der Waals surface area contributed by atoms with E-state index in [9.17, 15) is 4.79 Å². The molecule has 0 unspecified atom stereocenters. The number of rotatable bonds is 4. The number of aromatic nitrogens is 3. The summed E-state index contributed by atoms with van der Waals surface area (Å²) < 4.78 is 3.97. The van der Waals surface area contributed by atoms with Gasteiger partial charge in [0.2, 0.25) is 0 Å². The Morgan fingerprint density at radius 3 is 2.20 bits per heavy atom. The molecule has 5 aromatic rings. The lowest BCUT2D eigenvalue weighted by atomic mass is 10.0. The summed E-state index contributed by atoms with van der Waals surface area (Å²) in [6, 6.07) is 27.7. The first-order valence-electron chi connectivity index (χ1n) is 11.5. The SMILES string of the molecule is CC1=NN(c2ccccc2)C(=O)C1=Cc1cn(-c2ccccc2)nc1-c1cn(C)c2ccccc12. The lowest BCUT2D eigenvalue weighted by molar-refractivity contribution is -0.114. The van der Waals surface area contributed by atoms with Crippen molar-refractivity contribution in [2.24, 2.45) is 12.1 Å². The minimum atomic E-state index is -0.148. The average molecular weight is 458 g/mol. The zero-order valence-electron chi connectivity index (χ0n) is 19.5.